The fraction of sp³-hybridized carbons (Fsp3) is 0.571. The van der Waals surface area contributed by atoms with Crippen molar-refractivity contribution in [2.45, 2.75) is 39.4 Å². The van der Waals surface area contributed by atoms with E-state index >= 15 is 0 Å². The molecule has 26 heavy (non-hydrogen) atoms. The zero-order valence-corrected chi connectivity index (χ0v) is 15.8. The topological polar surface area (TPSA) is 45.1 Å². The van der Waals surface area contributed by atoms with Crippen LogP contribution in [0.1, 0.15) is 30.9 Å². The van der Waals surface area contributed by atoms with Gasteiger partial charge in [0.2, 0.25) is 0 Å². The van der Waals surface area contributed by atoms with E-state index in [0.717, 1.165) is 44.5 Å². The highest BCUT2D eigenvalue weighted by Crippen LogP contribution is 2.18. The Morgan fingerprint density at radius 3 is 2.85 bits per heavy atom. The average Bonchev–Trinajstić information content (AvgIpc) is 3.11. The summed E-state index contributed by atoms with van der Waals surface area (Å²) in [7, 11) is 0. The largest absolute Gasteiger partial charge is 0.370 e. The second kappa shape index (κ2) is 8.23. The van der Waals surface area contributed by atoms with E-state index in [-0.39, 0.29) is 0 Å². The number of anilines is 1. The Morgan fingerprint density at radius 2 is 2.00 bits per heavy atom. The summed E-state index contributed by atoms with van der Waals surface area (Å²) in [5, 5.41) is 11.4. The molecule has 2 atom stereocenters. The van der Waals surface area contributed by atoms with Crippen LogP contribution in [-0.4, -0.2) is 40.9 Å². The summed E-state index contributed by atoms with van der Waals surface area (Å²) in [6, 6.07) is 11.2. The van der Waals surface area contributed by atoms with E-state index in [9.17, 15) is 0 Å². The van der Waals surface area contributed by atoms with Crippen molar-refractivity contribution >= 4 is 5.82 Å². The monoisotopic (exact) mass is 353 g/mol. The Bertz CT molecular complexity index is 693. The van der Waals surface area contributed by atoms with Gasteiger partial charge in [0, 0.05) is 51.3 Å². The summed E-state index contributed by atoms with van der Waals surface area (Å²) in [5.41, 5.74) is 2.80. The van der Waals surface area contributed by atoms with Gasteiger partial charge in [-0.05, 0) is 36.4 Å². The molecule has 1 saturated heterocycles. The molecule has 0 radical (unpaired) electrons. The number of hydrogen-bond donors (Lipinski definition) is 2. The van der Waals surface area contributed by atoms with Crippen LogP contribution in [-0.2, 0) is 19.6 Å². The minimum Gasteiger partial charge on any atom is -0.370 e. The van der Waals surface area contributed by atoms with Gasteiger partial charge in [0.1, 0.15) is 5.82 Å². The number of aromatic nitrogens is 2. The van der Waals surface area contributed by atoms with Gasteiger partial charge in [-0.1, -0.05) is 31.2 Å². The van der Waals surface area contributed by atoms with Crippen LogP contribution in [0.25, 0.3) is 0 Å². The molecule has 5 nitrogen and oxygen atoms in total. The van der Waals surface area contributed by atoms with Gasteiger partial charge in [-0.15, -0.1) is 0 Å². The normalized spacial score (nSPS) is 23.4. The van der Waals surface area contributed by atoms with Crippen LogP contribution >= 0.6 is 0 Å². The molecule has 2 aromatic rings. The summed E-state index contributed by atoms with van der Waals surface area (Å²) in [4.78, 5) is 2.60. The molecule has 0 saturated carbocycles. The van der Waals surface area contributed by atoms with Crippen LogP contribution in [0.3, 0.4) is 0 Å². The number of nitrogens with zero attached hydrogens (tertiary/aromatic N) is 3. The van der Waals surface area contributed by atoms with Crippen LogP contribution in [0.2, 0.25) is 0 Å². The van der Waals surface area contributed by atoms with E-state index in [1.54, 1.807) is 0 Å². The number of hydrogen-bond acceptors (Lipinski definition) is 4. The highest BCUT2D eigenvalue weighted by molar-refractivity contribution is 5.35. The molecular weight excluding hydrogens is 322 g/mol. The fourth-order valence-electron chi connectivity index (χ4n) is 4.19. The molecule has 140 valence electrons. The van der Waals surface area contributed by atoms with Gasteiger partial charge in [-0.3, -0.25) is 4.90 Å². The van der Waals surface area contributed by atoms with Gasteiger partial charge < -0.3 is 10.6 Å². The number of likely N-dealkylation sites (tertiary alicyclic amines) is 1. The second-order valence-electron chi connectivity index (χ2n) is 8.08. The lowest BCUT2D eigenvalue weighted by molar-refractivity contribution is 0.176. The molecule has 0 spiro atoms. The Morgan fingerprint density at radius 1 is 1.15 bits per heavy atom. The molecule has 1 fully saturated rings. The van der Waals surface area contributed by atoms with Gasteiger partial charge in [-0.25, -0.2) is 4.68 Å². The van der Waals surface area contributed by atoms with Crippen LogP contribution in [0.5, 0.6) is 0 Å². The molecule has 0 unspecified atom stereocenters. The number of benzene rings is 1. The number of nitrogens with one attached hydrogen (secondary N) is 2. The average molecular weight is 354 g/mol. The van der Waals surface area contributed by atoms with E-state index in [0.29, 0.717) is 5.92 Å². The summed E-state index contributed by atoms with van der Waals surface area (Å²) in [6.45, 7) is 9.93. The van der Waals surface area contributed by atoms with Crippen molar-refractivity contribution in [3.8, 4) is 0 Å². The third kappa shape index (κ3) is 4.46. The molecule has 3 heterocycles. The van der Waals surface area contributed by atoms with E-state index in [1.165, 1.54) is 37.1 Å². The molecule has 5 heteroatoms. The summed E-state index contributed by atoms with van der Waals surface area (Å²) in [5.74, 6) is 2.57. The van der Waals surface area contributed by atoms with E-state index in [4.69, 9.17) is 0 Å². The van der Waals surface area contributed by atoms with Crippen molar-refractivity contribution in [1.82, 2.24) is 20.0 Å². The Hall–Kier alpha value is -1.85. The standard InChI is InChI=1S/C21H31N5/c1-17-3-2-10-25(14-17)15-19-6-4-18(5-7-19)11-22-12-20-13-23-21-8-9-24-26(21)16-20/h4-9,17,20,22-23H,2-3,10-16H2,1H3/t17-,20-/m1/s1. The maximum Gasteiger partial charge on any atom is 0.124 e. The van der Waals surface area contributed by atoms with Crippen molar-refractivity contribution in [2.24, 2.45) is 11.8 Å². The molecule has 1 aromatic heterocycles. The Balaban J connectivity index is 1.21. The second-order valence-corrected chi connectivity index (χ2v) is 8.08. The number of fused-ring (bicyclic) bond motifs is 1. The summed E-state index contributed by atoms with van der Waals surface area (Å²) >= 11 is 0. The minimum absolute atomic E-state index is 0.586. The first-order chi connectivity index (χ1) is 12.8. The molecular formula is C21H31N5. The number of piperidine rings is 1. The van der Waals surface area contributed by atoms with Crippen molar-refractivity contribution in [2.75, 3.05) is 31.5 Å². The molecule has 2 N–H and O–H groups in total. The minimum atomic E-state index is 0.586. The molecule has 0 bridgehead atoms. The molecule has 2 aliphatic rings. The molecule has 0 amide bonds. The maximum absolute atomic E-state index is 4.36. The van der Waals surface area contributed by atoms with Crippen LogP contribution in [0.15, 0.2) is 36.5 Å². The zero-order chi connectivity index (χ0) is 17.8. The zero-order valence-electron chi connectivity index (χ0n) is 15.8. The van der Waals surface area contributed by atoms with E-state index < -0.39 is 0 Å². The third-order valence-electron chi connectivity index (χ3n) is 5.65. The Kier molecular flexibility index (Phi) is 5.56. The van der Waals surface area contributed by atoms with Gasteiger partial charge in [0.05, 0.1) is 6.20 Å². The lowest BCUT2D eigenvalue weighted by atomic mass is 9.99. The number of rotatable bonds is 6. The highest BCUT2D eigenvalue weighted by atomic mass is 15.3. The Labute approximate surface area is 156 Å². The molecule has 1 aromatic carbocycles. The van der Waals surface area contributed by atoms with E-state index in [1.807, 2.05) is 12.3 Å². The first-order valence-electron chi connectivity index (χ1n) is 10.0. The third-order valence-corrected chi connectivity index (χ3v) is 5.65. The molecule has 2 aliphatic heterocycles. The van der Waals surface area contributed by atoms with Gasteiger partial charge >= 0.3 is 0 Å². The van der Waals surface area contributed by atoms with Crippen molar-refractivity contribution < 1.29 is 0 Å². The van der Waals surface area contributed by atoms with Crippen molar-refractivity contribution in [3.05, 3.63) is 47.7 Å². The van der Waals surface area contributed by atoms with Crippen LogP contribution in [0, 0.1) is 11.8 Å². The smallest absolute Gasteiger partial charge is 0.124 e. The SMILES string of the molecule is C[C@@H]1CCCN(Cc2ccc(CNC[C@@H]3CNc4ccnn4C3)cc2)C1. The van der Waals surface area contributed by atoms with Crippen LogP contribution < -0.4 is 10.6 Å². The lowest BCUT2D eigenvalue weighted by Gasteiger charge is -2.30. The first kappa shape index (κ1) is 17.6. The van der Waals surface area contributed by atoms with Gasteiger partial charge in [0.15, 0.2) is 0 Å². The molecule has 4 rings (SSSR count). The predicted molar refractivity (Wildman–Crippen MR) is 106 cm³/mol. The summed E-state index contributed by atoms with van der Waals surface area (Å²) < 4.78 is 2.06. The summed E-state index contributed by atoms with van der Waals surface area (Å²) in [6.07, 6.45) is 4.60. The quantitative estimate of drug-likeness (QED) is 0.838. The van der Waals surface area contributed by atoms with E-state index in [2.05, 4.69) is 56.5 Å². The lowest BCUT2D eigenvalue weighted by Crippen LogP contribution is -2.35. The van der Waals surface area contributed by atoms with Crippen molar-refractivity contribution in [1.29, 1.82) is 0 Å². The fourth-order valence-corrected chi connectivity index (χ4v) is 4.19. The molecule has 0 aliphatic carbocycles. The first-order valence-corrected chi connectivity index (χ1v) is 10.0. The predicted octanol–water partition coefficient (Wildman–Crippen LogP) is 2.95. The van der Waals surface area contributed by atoms with Gasteiger partial charge in [0.25, 0.3) is 0 Å². The highest BCUT2D eigenvalue weighted by Gasteiger charge is 2.18. The van der Waals surface area contributed by atoms with Crippen molar-refractivity contribution in [3.63, 3.8) is 0 Å². The maximum atomic E-state index is 4.36. The van der Waals surface area contributed by atoms with Crippen LogP contribution in [0.4, 0.5) is 5.82 Å². The van der Waals surface area contributed by atoms with Gasteiger partial charge in [-0.2, -0.15) is 5.10 Å².